The molecule has 1 aliphatic carbocycles. The predicted octanol–water partition coefficient (Wildman–Crippen LogP) is 1.54. The molecule has 0 aromatic rings. The highest BCUT2D eigenvalue weighted by molar-refractivity contribution is 5.82. The van der Waals surface area contributed by atoms with Gasteiger partial charge in [-0.15, -0.1) is 0 Å². The summed E-state index contributed by atoms with van der Waals surface area (Å²) < 4.78 is 0. The maximum Gasteiger partial charge on any atom is 0.326 e. The Morgan fingerprint density at radius 2 is 1.94 bits per heavy atom. The summed E-state index contributed by atoms with van der Waals surface area (Å²) in [6, 6.07) is -0.934. The fraction of sp³-hybridized carbons (Fsp3) is 0.833. The molecule has 98 valence electrons. The molecule has 17 heavy (non-hydrogen) atoms. The third-order valence-corrected chi connectivity index (χ3v) is 4.03. The van der Waals surface area contributed by atoms with Gasteiger partial charge in [-0.25, -0.2) is 9.59 Å². The molecular weight excluding hydrogens is 220 g/mol. The maximum atomic E-state index is 11.8. The fourth-order valence-corrected chi connectivity index (χ4v) is 2.17. The van der Waals surface area contributed by atoms with E-state index in [4.69, 9.17) is 5.11 Å². The van der Waals surface area contributed by atoms with Crippen molar-refractivity contribution in [3.8, 4) is 0 Å². The number of amides is 2. The van der Waals surface area contributed by atoms with Gasteiger partial charge >= 0.3 is 12.0 Å². The number of carbonyl (C=O) groups excluding carboxylic acids is 1. The molecule has 4 unspecified atom stereocenters. The van der Waals surface area contributed by atoms with Gasteiger partial charge in [0, 0.05) is 13.1 Å². The van der Waals surface area contributed by atoms with E-state index < -0.39 is 12.0 Å². The van der Waals surface area contributed by atoms with Crippen molar-refractivity contribution in [1.29, 1.82) is 0 Å². The number of carbonyl (C=O) groups is 2. The molecule has 2 amide bonds. The van der Waals surface area contributed by atoms with Crippen LogP contribution in [0, 0.1) is 11.8 Å². The Morgan fingerprint density at radius 1 is 1.35 bits per heavy atom. The molecule has 2 N–H and O–H groups in total. The molecule has 0 radical (unpaired) electrons. The lowest BCUT2D eigenvalue weighted by Gasteiger charge is -2.26. The Bertz CT molecular complexity index is 306. The molecule has 0 aliphatic heterocycles. The van der Waals surface area contributed by atoms with Gasteiger partial charge in [0.1, 0.15) is 6.04 Å². The zero-order valence-electron chi connectivity index (χ0n) is 10.9. The fourth-order valence-electron chi connectivity index (χ4n) is 2.17. The highest BCUT2D eigenvalue weighted by atomic mass is 16.4. The summed E-state index contributed by atoms with van der Waals surface area (Å²) in [6.45, 7) is 5.81. The van der Waals surface area contributed by atoms with Gasteiger partial charge in [0.25, 0.3) is 0 Å². The zero-order valence-corrected chi connectivity index (χ0v) is 10.9. The number of carboxylic acids is 1. The van der Waals surface area contributed by atoms with Crippen LogP contribution in [0.3, 0.4) is 0 Å². The summed E-state index contributed by atoms with van der Waals surface area (Å²) >= 11 is 0. The molecular formula is C12H22N2O3. The van der Waals surface area contributed by atoms with E-state index in [9.17, 15) is 9.59 Å². The SMILES string of the molecule is CC1CCC(NC(=O)N(C)C(C)C(=O)O)C1C. The van der Waals surface area contributed by atoms with Gasteiger partial charge in [-0.05, 0) is 31.6 Å². The zero-order chi connectivity index (χ0) is 13.2. The Morgan fingerprint density at radius 3 is 2.35 bits per heavy atom. The minimum atomic E-state index is -0.990. The number of hydrogen-bond acceptors (Lipinski definition) is 2. The van der Waals surface area contributed by atoms with Gasteiger partial charge in [-0.2, -0.15) is 0 Å². The van der Waals surface area contributed by atoms with Gasteiger partial charge in [-0.3, -0.25) is 0 Å². The number of rotatable bonds is 3. The number of carboxylic acid groups (broad SMARTS) is 1. The smallest absolute Gasteiger partial charge is 0.326 e. The first-order valence-corrected chi connectivity index (χ1v) is 6.10. The van der Waals surface area contributed by atoms with Crippen LogP contribution in [0.2, 0.25) is 0 Å². The lowest BCUT2D eigenvalue weighted by atomic mass is 9.98. The summed E-state index contributed by atoms with van der Waals surface area (Å²) in [5.74, 6) is 0.0745. The highest BCUT2D eigenvalue weighted by Gasteiger charge is 2.32. The summed E-state index contributed by atoms with van der Waals surface area (Å²) in [7, 11) is 1.51. The van der Waals surface area contributed by atoms with E-state index in [1.165, 1.54) is 18.9 Å². The van der Waals surface area contributed by atoms with Crippen LogP contribution >= 0.6 is 0 Å². The molecule has 0 aromatic heterocycles. The Hall–Kier alpha value is -1.26. The summed E-state index contributed by atoms with van der Waals surface area (Å²) in [5, 5.41) is 11.8. The first-order chi connectivity index (χ1) is 7.84. The lowest BCUT2D eigenvalue weighted by Crippen LogP contribution is -2.49. The van der Waals surface area contributed by atoms with Crippen LogP contribution in [0.15, 0.2) is 0 Å². The molecule has 0 aromatic carbocycles. The number of nitrogens with one attached hydrogen (secondary N) is 1. The Kier molecular flexibility index (Phi) is 4.37. The second-order valence-electron chi connectivity index (χ2n) is 5.09. The Labute approximate surface area is 102 Å². The molecule has 0 saturated heterocycles. The maximum absolute atomic E-state index is 11.8. The second-order valence-corrected chi connectivity index (χ2v) is 5.09. The van der Waals surface area contributed by atoms with E-state index in [1.54, 1.807) is 0 Å². The van der Waals surface area contributed by atoms with Gasteiger partial charge < -0.3 is 15.3 Å². The average molecular weight is 242 g/mol. The molecule has 0 heterocycles. The number of hydrogen-bond donors (Lipinski definition) is 2. The monoisotopic (exact) mass is 242 g/mol. The van der Waals surface area contributed by atoms with E-state index in [1.807, 2.05) is 0 Å². The summed E-state index contributed by atoms with van der Waals surface area (Å²) in [6.07, 6.45) is 2.09. The predicted molar refractivity (Wildman–Crippen MR) is 64.7 cm³/mol. The Balaban J connectivity index is 2.52. The topological polar surface area (TPSA) is 69.6 Å². The van der Waals surface area contributed by atoms with E-state index in [0.717, 1.165) is 12.8 Å². The number of nitrogens with zero attached hydrogens (tertiary/aromatic N) is 1. The minimum Gasteiger partial charge on any atom is -0.480 e. The van der Waals surface area contributed by atoms with Crippen molar-refractivity contribution >= 4 is 12.0 Å². The van der Waals surface area contributed by atoms with Crippen molar-refractivity contribution in [2.24, 2.45) is 11.8 Å². The molecule has 4 atom stereocenters. The molecule has 1 saturated carbocycles. The van der Waals surface area contributed by atoms with Crippen LogP contribution in [-0.4, -0.2) is 41.1 Å². The van der Waals surface area contributed by atoms with E-state index in [0.29, 0.717) is 11.8 Å². The van der Waals surface area contributed by atoms with Crippen molar-refractivity contribution in [3.63, 3.8) is 0 Å². The minimum absolute atomic E-state index is 0.168. The molecule has 0 spiro atoms. The third-order valence-electron chi connectivity index (χ3n) is 4.03. The van der Waals surface area contributed by atoms with E-state index in [-0.39, 0.29) is 12.1 Å². The first-order valence-electron chi connectivity index (χ1n) is 6.10. The van der Waals surface area contributed by atoms with Crippen LogP contribution in [0.5, 0.6) is 0 Å². The molecule has 1 fully saturated rings. The lowest BCUT2D eigenvalue weighted by molar-refractivity contribution is -0.141. The average Bonchev–Trinajstić information content (AvgIpc) is 2.58. The number of urea groups is 1. The van der Waals surface area contributed by atoms with Gasteiger partial charge in [-0.1, -0.05) is 13.8 Å². The van der Waals surface area contributed by atoms with Crippen LogP contribution in [0.25, 0.3) is 0 Å². The quantitative estimate of drug-likeness (QED) is 0.788. The standard InChI is InChI=1S/C12H22N2O3/c1-7-5-6-10(8(7)2)13-12(17)14(4)9(3)11(15)16/h7-10H,5-6H2,1-4H3,(H,13,17)(H,15,16). The van der Waals surface area contributed by atoms with E-state index >= 15 is 0 Å². The highest BCUT2D eigenvalue weighted by Crippen LogP contribution is 2.31. The summed E-state index contributed by atoms with van der Waals surface area (Å²) in [5.41, 5.74) is 0. The van der Waals surface area contributed by atoms with Crippen molar-refractivity contribution < 1.29 is 14.7 Å². The number of aliphatic carboxylic acids is 1. The van der Waals surface area contributed by atoms with Gasteiger partial charge in [0.15, 0.2) is 0 Å². The second kappa shape index (κ2) is 5.38. The first kappa shape index (κ1) is 13.8. The molecule has 0 bridgehead atoms. The van der Waals surface area contributed by atoms with Crippen molar-refractivity contribution in [2.45, 2.75) is 45.7 Å². The molecule has 5 nitrogen and oxygen atoms in total. The van der Waals surface area contributed by atoms with Crippen LogP contribution < -0.4 is 5.32 Å². The molecule has 5 heteroatoms. The van der Waals surface area contributed by atoms with Crippen LogP contribution in [0.1, 0.15) is 33.6 Å². The van der Waals surface area contributed by atoms with E-state index in [2.05, 4.69) is 19.2 Å². The van der Waals surface area contributed by atoms with Crippen molar-refractivity contribution in [1.82, 2.24) is 10.2 Å². The van der Waals surface area contributed by atoms with Gasteiger partial charge in [0.2, 0.25) is 0 Å². The van der Waals surface area contributed by atoms with Crippen molar-refractivity contribution in [3.05, 3.63) is 0 Å². The summed E-state index contributed by atoms with van der Waals surface area (Å²) in [4.78, 5) is 23.9. The molecule has 1 aliphatic rings. The van der Waals surface area contributed by atoms with Crippen LogP contribution in [-0.2, 0) is 4.79 Å². The van der Waals surface area contributed by atoms with Crippen LogP contribution in [0.4, 0.5) is 4.79 Å². The normalized spacial score (nSPS) is 29.8. The van der Waals surface area contributed by atoms with Crippen molar-refractivity contribution in [2.75, 3.05) is 7.05 Å². The van der Waals surface area contributed by atoms with Gasteiger partial charge in [0.05, 0.1) is 0 Å². The number of likely N-dealkylation sites (N-methyl/N-ethyl adjacent to an activating group) is 1. The largest absolute Gasteiger partial charge is 0.480 e. The third kappa shape index (κ3) is 3.11. The molecule has 1 rings (SSSR count).